The molecule has 0 unspecified atom stereocenters. The molecular formula is C16H23NO3. The minimum atomic E-state index is -0.345. The number of amides is 1. The standard InChI is InChI=1S/C16H23NO3/c1-11(18)13-14(19)16(7-3-2-4-8-16)10-17(15(13)20)9-12-5-6-12/h12,19H,2-10H2,1H3. The molecule has 2 aliphatic carbocycles. The van der Waals surface area contributed by atoms with Crippen LogP contribution in [0.5, 0.6) is 0 Å². The van der Waals surface area contributed by atoms with E-state index in [1.54, 1.807) is 0 Å². The second-order valence-corrected chi connectivity index (χ2v) is 6.75. The summed E-state index contributed by atoms with van der Waals surface area (Å²) >= 11 is 0. The maximum Gasteiger partial charge on any atom is 0.260 e. The molecule has 4 nitrogen and oxygen atoms in total. The van der Waals surface area contributed by atoms with Gasteiger partial charge < -0.3 is 10.0 Å². The summed E-state index contributed by atoms with van der Waals surface area (Å²) in [6, 6.07) is 0. The highest BCUT2D eigenvalue weighted by molar-refractivity contribution is 6.19. The van der Waals surface area contributed by atoms with Gasteiger partial charge in [0.25, 0.3) is 5.91 Å². The summed E-state index contributed by atoms with van der Waals surface area (Å²) in [5, 5.41) is 10.6. The molecule has 0 saturated heterocycles. The Morgan fingerprint density at radius 1 is 1.30 bits per heavy atom. The van der Waals surface area contributed by atoms with Crippen LogP contribution in [-0.2, 0) is 9.59 Å². The second-order valence-electron chi connectivity index (χ2n) is 6.75. The molecule has 0 radical (unpaired) electrons. The molecule has 110 valence electrons. The number of aliphatic hydroxyl groups excluding tert-OH is 1. The molecule has 1 N–H and O–H groups in total. The smallest absolute Gasteiger partial charge is 0.260 e. The van der Waals surface area contributed by atoms with Crippen LogP contribution < -0.4 is 0 Å². The number of carbonyl (C=O) groups excluding carboxylic acids is 2. The molecule has 2 fully saturated rings. The molecule has 4 heteroatoms. The fourth-order valence-electron chi connectivity index (χ4n) is 3.74. The van der Waals surface area contributed by atoms with Crippen molar-refractivity contribution in [1.82, 2.24) is 4.90 Å². The minimum absolute atomic E-state index is 0.0544. The third-order valence-electron chi connectivity index (χ3n) is 5.07. The van der Waals surface area contributed by atoms with Crippen LogP contribution in [-0.4, -0.2) is 34.8 Å². The highest BCUT2D eigenvalue weighted by Gasteiger charge is 2.47. The van der Waals surface area contributed by atoms with E-state index in [1.165, 1.54) is 26.2 Å². The number of nitrogens with zero attached hydrogens (tertiary/aromatic N) is 1. The van der Waals surface area contributed by atoms with E-state index < -0.39 is 0 Å². The molecule has 0 bridgehead atoms. The van der Waals surface area contributed by atoms with Crippen molar-refractivity contribution >= 4 is 11.7 Å². The SMILES string of the molecule is CC(=O)C1=C(O)C2(CCCCC2)CN(CC2CC2)C1=O. The average Bonchev–Trinajstić information content (AvgIpc) is 3.21. The molecule has 2 saturated carbocycles. The van der Waals surface area contributed by atoms with Crippen molar-refractivity contribution in [2.24, 2.45) is 11.3 Å². The summed E-state index contributed by atoms with van der Waals surface area (Å²) in [6.45, 7) is 2.75. The third kappa shape index (κ3) is 2.25. The summed E-state index contributed by atoms with van der Waals surface area (Å²) in [5.41, 5.74) is -0.291. The van der Waals surface area contributed by atoms with Gasteiger partial charge in [0.05, 0.1) is 0 Å². The van der Waals surface area contributed by atoms with Crippen molar-refractivity contribution < 1.29 is 14.7 Å². The van der Waals surface area contributed by atoms with Crippen LogP contribution in [0.2, 0.25) is 0 Å². The topological polar surface area (TPSA) is 57.6 Å². The van der Waals surface area contributed by atoms with E-state index in [4.69, 9.17) is 0 Å². The molecule has 0 aromatic rings. The lowest BCUT2D eigenvalue weighted by Crippen LogP contribution is -2.50. The van der Waals surface area contributed by atoms with Gasteiger partial charge in [0.2, 0.25) is 0 Å². The van der Waals surface area contributed by atoms with Crippen molar-refractivity contribution in [2.45, 2.75) is 51.9 Å². The summed E-state index contributed by atoms with van der Waals surface area (Å²) < 4.78 is 0. The number of aliphatic hydroxyl groups is 1. The highest BCUT2D eigenvalue weighted by Crippen LogP contribution is 2.46. The molecule has 3 rings (SSSR count). The van der Waals surface area contributed by atoms with Crippen molar-refractivity contribution in [3.8, 4) is 0 Å². The van der Waals surface area contributed by atoms with Crippen LogP contribution in [0, 0.1) is 11.3 Å². The van der Waals surface area contributed by atoms with Crippen LogP contribution in [0.3, 0.4) is 0 Å². The quantitative estimate of drug-likeness (QED) is 0.807. The zero-order valence-corrected chi connectivity index (χ0v) is 12.2. The van der Waals surface area contributed by atoms with E-state index in [-0.39, 0.29) is 28.4 Å². The first-order valence-corrected chi connectivity index (χ1v) is 7.77. The summed E-state index contributed by atoms with van der Waals surface area (Å²) in [6.07, 6.45) is 7.47. The Kier molecular flexibility index (Phi) is 3.35. The van der Waals surface area contributed by atoms with Crippen molar-refractivity contribution in [1.29, 1.82) is 0 Å². The van der Waals surface area contributed by atoms with E-state index in [0.717, 1.165) is 32.2 Å². The Balaban J connectivity index is 1.96. The summed E-state index contributed by atoms with van der Waals surface area (Å²) in [4.78, 5) is 26.1. The number of hydrogen-bond acceptors (Lipinski definition) is 3. The van der Waals surface area contributed by atoms with Crippen molar-refractivity contribution in [3.05, 3.63) is 11.3 Å². The second kappa shape index (κ2) is 4.90. The van der Waals surface area contributed by atoms with E-state index in [1.807, 2.05) is 4.90 Å². The normalized spacial score (nSPS) is 26.2. The van der Waals surface area contributed by atoms with Gasteiger partial charge in [0.15, 0.2) is 5.78 Å². The van der Waals surface area contributed by atoms with Crippen LogP contribution in [0.15, 0.2) is 11.3 Å². The molecule has 20 heavy (non-hydrogen) atoms. The minimum Gasteiger partial charge on any atom is -0.511 e. The predicted molar refractivity (Wildman–Crippen MR) is 75.2 cm³/mol. The van der Waals surface area contributed by atoms with Gasteiger partial charge in [0, 0.05) is 18.5 Å². The van der Waals surface area contributed by atoms with Gasteiger partial charge in [0.1, 0.15) is 11.3 Å². The number of rotatable bonds is 3. The largest absolute Gasteiger partial charge is 0.511 e. The molecule has 1 heterocycles. The Hall–Kier alpha value is -1.32. The molecule has 3 aliphatic rings. The maximum absolute atomic E-state index is 12.5. The van der Waals surface area contributed by atoms with Crippen LogP contribution >= 0.6 is 0 Å². The molecule has 0 aromatic heterocycles. The van der Waals surface area contributed by atoms with E-state index in [0.29, 0.717) is 12.5 Å². The number of hydrogen-bond donors (Lipinski definition) is 1. The fraction of sp³-hybridized carbons (Fsp3) is 0.750. The molecule has 1 aliphatic heterocycles. The van der Waals surface area contributed by atoms with Gasteiger partial charge in [-0.15, -0.1) is 0 Å². The summed E-state index contributed by atoms with van der Waals surface area (Å²) in [5.74, 6) is 0.144. The van der Waals surface area contributed by atoms with Gasteiger partial charge in [-0.05, 0) is 38.5 Å². The highest BCUT2D eigenvalue weighted by atomic mass is 16.3. The van der Waals surface area contributed by atoms with Gasteiger partial charge in [-0.25, -0.2) is 0 Å². The molecular weight excluding hydrogens is 254 g/mol. The lowest BCUT2D eigenvalue weighted by Gasteiger charge is -2.44. The first kappa shape index (κ1) is 13.7. The Bertz CT molecular complexity index is 470. The van der Waals surface area contributed by atoms with Crippen LogP contribution in [0.25, 0.3) is 0 Å². The van der Waals surface area contributed by atoms with E-state index in [2.05, 4.69) is 0 Å². The first-order valence-electron chi connectivity index (χ1n) is 7.77. The molecule has 0 aromatic carbocycles. The zero-order chi connectivity index (χ0) is 14.3. The number of Topliss-reactive ketones (excluding diaryl/α,β-unsaturated/α-hetero) is 1. The predicted octanol–water partition coefficient (Wildman–Crippen LogP) is 2.59. The third-order valence-corrected chi connectivity index (χ3v) is 5.07. The van der Waals surface area contributed by atoms with E-state index in [9.17, 15) is 14.7 Å². The Labute approximate surface area is 119 Å². The Morgan fingerprint density at radius 2 is 1.95 bits per heavy atom. The number of ketones is 1. The van der Waals surface area contributed by atoms with Gasteiger partial charge in [-0.2, -0.15) is 0 Å². The van der Waals surface area contributed by atoms with Crippen molar-refractivity contribution in [2.75, 3.05) is 13.1 Å². The van der Waals surface area contributed by atoms with Crippen molar-refractivity contribution in [3.63, 3.8) is 0 Å². The van der Waals surface area contributed by atoms with Gasteiger partial charge in [-0.3, -0.25) is 9.59 Å². The van der Waals surface area contributed by atoms with Crippen LogP contribution in [0.4, 0.5) is 0 Å². The van der Waals surface area contributed by atoms with Gasteiger partial charge in [-0.1, -0.05) is 19.3 Å². The lowest BCUT2D eigenvalue weighted by molar-refractivity contribution is -0.134. The molecule has 0 atom stereocenters. The van der Waals surface area contributed by atoms with Gasteiger partial charge >= 0.3 is 0 Å². The molecule has 1 amide bonds. The van der Waals surface area contributed by atoms with Crippen LogP contribution in [0.1, 0.15) is 51.9 Å². The zero-order valence-electron chi connectivity index (χ0n) is 12.2. The first-order chi connectivity index (χ1) is 9.53. The number of carbonyl (C=O) groups is 2. The maximum atomic E-state index is 12.5. The Morgan fingerprint density at radius 3 is 2.50 bits per heavy atom. The van der Waals surface area contributed by atoms with E-state index >= 15 is 0 Å². The average molecular weight is 277 g/mol. The monoisotopic (exact) mass is 277 g/mol. The fourth-order valence-corrected chi connectivity index (χ4v) is 3.74. The summed E-state index contributed by atoms with van der Waals surface area (Å²) in [7, 11) is 0. The lowest BCUT2D eigenvalue weighted by atomic mass is 9.69. The molecule has 1 spiro atoms.